The average Bonchev–Trinajstić information content (AvgIpc) is 2.81. The number of anilines is 1. The molecule has 3 nitrogen and oxygen atoms in total. The molecule has 0 fully saturated rings. The number of hydrogen-bond donors (Lipinski definition) is 1. The van der Waals surface area contributed by atoms with Crippen molar-refractivity contribution in [1.29, 1.82) is 0 Å². The van der Waals surface area contributed by atoms with Crippen molar-refractivity contribution in [3.8, 4) is 10.6 Å². The van der Waals surface area contributed by atoms with Gasteiger partial charge in [-0.2, -0.15) is 0 Å². The van der Waals surface area contributed by atoms with E-state index in [1.165, 1.54) is 20.7 Å². The Labute approximate surface area is 179 Å². The predicted molar refractivity (Wildman–Crippen MR) is 124 cm³/mol. The standard InChI is InChI=1S/C26H21N3S/c1-3-7-19(8-4-1)17-27-21-11-13-23-25(15-21)30-26-16-22(12-14-24(26)29-23)28-18-20-9-5-2-6-10-20/h1-16,27H,17-18H2/p+1. The molecule has 0 saturated carbocycles. The number of hydrogen-bond acceptors (Lipinski definition) is 3. The summed E-state index contributed by atoms with van der Waals surface area (Å²) < 4.78 is 1.22. The summed E-state index contributed by atoms with van der Waals surface area (Å²) >= 11 is 1.79. The van der Waals surface area contributed by atoms with E-state index < -0.39 is 0 Å². The van der Waals surface area contributed by atoms with Crippen LogP contribution >= 0.6 is 11.3 Å². The van der Waals surface area contributed by atoms with Crippen LogP contribution in [0.5, 0.6) is 0 Å². The van der Waals surface area contributed by atoms with Gasteiger partial charge in [-0.1, -0.05) is 60.7 Å². The molecule has 0 spiro atoms. The number of fused-ring (bicyclic) bond motifs is 2. The van der Waals surface area contributed by atoms with Crippen LogP contribution in [0.1, 0.15) is 11.1 Å². The highest BCUT2D eigenvalue weighted by Gasteiger charge is 2.13. The number of aromatic amines is 1. The first kappa shape index (κ1) is 18.5. The van der Waals surface area contributed by atoms with Crippen molar-refractivity contribution in [2.45, 2.75) is 13.1 Å². The number of rotatable bonds is 5. The lowest BCUT2D eigenvalue weighted by Gasteiger charge is -2.07. The van der Waals surface area contributed by atoms with Gasteiger partial charge in [-0.25, -0.2) is 4.98 Å². The van der Waals surface area contributed by atoms with Gasteiger partial charge in [-0.05, 0) is 35.4 Å². The van der Waals surface area contributed by atoms with Crippen molar-refractivity contribution < 1.29 is 4.98 Å². The fourth-order valence-electron chi connectivity index (χ4n) is 3.45. The highest BCUT2D eigenvalue weighted by Crippen LogP contribution is 2.28. The SMILES string of the molecule is c1ccc(CN=c2ccc3[nH+]c4ccc(NCc5ccccc5)cc4sc-3c2)cc1. The summed E-state index contributed by atoms with van der Waals surface area (Å²) in [6.45, 7) is 1.51. The van der Waals surface area contributed by atoms with Crippen LogP contribution in [0.25, 0.3) is 20.8 Å². The Balaban J connectivity index is 1.43. The number of aromatic nitrogens is 1. The third kappa shape index (κ3) is 4.24. The van der Waals surface area contributed by atoms with E-state index in [1.807, 2.05) is 12.1 Å². The van der Waals surface area contributed by atoms with E-state index in [0.29, 0.717) is 6.54 Å². The lowest BCUT2D eigenvalue weighted by atomic mass is 10.2. The van der Waals surface area contributed by atoms with Gasteiger partial charge in [0.05, 0.1) is 11.9 Å². The Hall–Kier alpha value is -3.50. The van der Waals surface area contributed by atoms with Crippen molar-refractivity contribution in [1.82, 2.24) is 0 Å². The molecule has 3 aromatic carbocycles. The quantitative estimate of drug-likeness (QED) is 0.381. The van der Waals surface area contributed by atoms with E-state index in [1.54, 1.807) is 11.3 Å². The van der Waals surface area contributed by atoms with Crippen molar-refractivity contribution >= 4 is 27.2 Å². The van der Waals surface area contributed by atoms with E-state index in [0.717, 1.165) is 28.8 Å². The minimum atomic E-state index is 0.696. The molecule has 5 rings (SSSR count). The Morgan fingerprint density at radius 3 is 2.33 bits per heavy atom. The maximum absolute atomic E-state index is 4.77. The smallest absolute Gasteiger partial charge is 0.221 e. The fourth-order valence-corrected chi connectivity index (χ4v) is 4.51. The average molecular weight is 409 g/mol. The largest absolute Gasteiger partial charge is 0.381 e. The molecule has 2 N–H and O–H groups in total. The molecule has 1 aliphatic heterocycles. The van der Waals surface area contributed by atoms with Gasteiger partial charge in [-0.15, -0.1) is 11.3 Å². The first-order chi connectivity index (χ1) is 14.8. The first-order valence-corrected chi connectivity index (χ1v) is 10.9. The molecule has 2 aliphatic rings. The van der Waals surface area contributed by atoms with Crippen LogP contribution in [0.15, 0.2) is 102 Å². The van der Waals surface area contributed by atoms with Gasteiger partial charge in [0, 0.05) is 24.4 Å². The van der Waals surface area contributed by atoms with Crippen molar-refractivity contribution in [2.75, 3.05) is 5.32 Å². The number of nitrogens with one attached hydrogen (secondary N) is 2. The van der Waals surface area contributed by atoms with Gasteiger partial charge in [0.15, 0.2) is 0 Å². The van der Waals surface area contributed by atoms with E-state index >= 15 is 0 Å². The second kappa shape index (κ2) is 8.47. The predicted octanol–water partition coefficient (Wildman–Crippen LogP) is 5.53. The van der Waals surface area contributed by atoms with Crippen LogP contribution in [0.3, 0.4) is 0 Å². The van der Waals surface area contributed by atoms with Gasteiger partial charge in [0.2, 0.25) is 11.2 Å². The first-order valence-electron chi connectivity index (χ1n) is 10.1. The van der Waals surface area contributed by atoms with Crippen LogP contribution < -0.4 is 15.7 Å². The van der Waals surface area contributed by atoms with E-state index in [4.69, 9.17) is 4.99 Å². The second-order valence-electron chi connectivity index (χ2n) is 7.26. The van der Waals surface area contributed by atoms with Crippen molar-refractivity contribution in [3.63, 3.8) is 0 Å². The zero-order chi connectivity index (χ0) is 20.2. The Bertz CT molecular complexity index is 1310. The topological polar surface area (TPSA) is 38.5 Å². The molecule has 0 radical (unpaired) electrons. The Morgan fingerprint density at radius 1 is 0.767 bits per heavy atom. The number of nitrogens with zero attached hydrogens (tertiary/aromatic N) is 1. The zero-order valence-electron chi connectivity index (χ0n) is 16.5. The molecule has 0 atom stereocenters. The second-order valence-corrected chi connectivity index (χ2v) is 8.34. The summed E-state index contributed by atoms with van der Waals surface area (Å²) in [5.74, 6) is 0. The summed E-state index contributed by atoms with van der Waals surface area (Å²) in [6.07, 6.45) is 0. The van der Waals surface area contributed by atoms with Crippen LogP contribution in [-0.2, 0) is 13.1 Å². The number of benzene rings is 4. The van der Waals surface area contributed by atoms with Crippen molar-refractivity contribution in [3.05, 3.63) is 114 Å². The molecule has 3 aromatic rings. The minimum Gasteiger partial charge on any atom is -0.381 e. The fraction of sp³-hybridized carbons (Fsp3) is 0.0769. The van der Waals surface area contributed by atoms with Crippen LogP contribution in [0.2, 0.25) is 0 Å². The van der Waals surface area contributed by atoms with E-state index in [2.05, 4.69) is 95.2 Å². The highest BCUT2D eigenvalue weighted by molar-refractivity contribution is 7.21. The molecule has 146 valence electrons. The summed E-state index contributed by atoms with van der Waals surface area (Å²) in [5.41, 5.74) is 5.90. The molecule has 30 heavy (non-hydrogen) atoms. The zero-order valence-corrected chi connectivity index (χ0v) is 17.3. The molecule has 0 saturated heterocycles. The maximum atomic E-state index is 4.77. The number of H-pyrrole nitrogens is 1. The molecular formula is C26H22N3S+. The third-order valence-corrected chi connectivity index (χ3v) is 6.18. The normalized spacial score (nSPS) is 11.8. The molecule has 0 amide bonds. The van der Waals surface area contributed by atoms with Crippen LogP contribution in [-0.4, -0.2) is 0 Å². The van der Waals surface area contributed by atoms with E-state index in [-0.39, 0.29) is 0 Å². The Morgan fingerprint density at radius 2 is 1.53 bits per heavy atom. The highest BCUT2D eigenvalue weighted by atomic mass is 32.1. The summed E-state index contributed by atoms with van der Waals surface area (Å²) in [4.78, 5) is 9.53. The van der Waals surface area contributed by atoms with Gasteiger partial charge in [0.1, 0.15) is 9.58 Å². The molecule has 1 aliphatic carbocycles. The minimum absolute atomic E-state index is 0.696. The monoisotopic (exact) mass is 408 g/mol. The van der Waals surface area contributed by atoms with Gasteiger partial charge in [0.25, 0.3) is 0 Å². The molecule has 0 unspecified atom stereocenters. The summed E-state index contributed by atoms with van der Waals surface area (Å²) in [5, 5.41) is 4.53. The Kier molecular flexibility index (Phi) is 5.23. The summed E-state index contributed by atoms with van der Waals surface area (Å²) in [6, 6.07) is 33.7. The molecule has 0 aromatic heterocycles. The van der Waals surface area contributed by atoms with E-state index in [9.17, 15) is 0 Å². The van der Waals surface area contributed by atoms with Crippen LogP contribution in [0, 0.1) is 0 Å². The van der Waals surface area contributed by atoms with Gasteiger partial charge >= 0.3 is 0 Å². The van der Waals surface area contributed by atoms with Gasteiger partial charge < -0.3 is 5.32 Å². The molecular weight excluding hydrogens is 386 g/mol. The lowest BCUT2D eigenvalue weighted by molar-refractivity contribution is -0.330. The maximum Gasteiger partial charge on any atom is 0.221 e. The third-order valence-electron chi connectivity index (χ3n) is 5.06. The molecule has 4 heteroatoms. The molecule has 0 bridgehead atoms. The van der Waals surface area contributed by atoms with Gasteiger partial charge in [-0.3, -0.25) is 4.99 Å². The van der Waals surface area contributed by atoms with Crippen molar-refractivity contribution in [2.24, 2.45) is 4.99 Å². The summed E-state index contributed by atoms with van der Waals surface area (Å²) in [7, 11) is 0. The molecule has 1 heterocycles. The lowest BCUT2D eigenvalue weighted by Crippen LogP contribution is -2.12. The van der Waals surface area contributed by atoms with Crippen LogP contribution in [0.4, 0.5) is 5.69 Å².